The SMILES string of the molecule is CCC1CNC(C)CN1C1C(C)(C)C1(C)C. The van der Waals surface area contributed by atoms with Gasteiger partial charge in [-0.3, -0.25) is 4.90 Å². The average molecular weight is 224 g/mol. The molecule has 2 rings (SSSR count). The van der Waals surface area contributed by atoms with Gasteiger partial charge < -0.3 is 5.32 Å². The standard InChI is InChI=1S/C14H28N2/c1-7-11-8-15-10(2)9-16(11)12-13(3,4)14(12,5)6/h10-12,15H,7-9H2,1-6H3. The highest BCUT2D eigenvalue weighted by Gasteiger charge is 2.67. The van der Waals surface area contributed by atoms with Crippen LogP contribution in [0.5, 0.6) is 0 Å². The van der Waals surface area contributed by atoms with Crippen LogP contribution >= 0.6 is 0 Å². The Morgan fingerprint density at radius 2 is 1.75 bits per heavy atom. The van der Waals surface area contributed by atoms with Crippen molar-refractivity contribution in [1.82, 2.24) is 10.2 Å². The van der Waals surface area contributed by atoms with E-state index in [2.05, 4.69) is 51.8 Å². The Hall–Kier alpha value is -0.0800. The Morgan fingerprint density at radius 3 is 2.19 bits per heavy atom. The molecule has 0 radical (unpaired) electrons. The molecule has 2 fully saturated rings. The molecule has 2 heteroatoms. The van der Waals surface area contributed by atoms with Crippen LogP contribution < -0.4 is 5.32 Å². The molecule has 0 aromatic heterocycles. The normalized spacial score (nSPS) is 38.6. The van der Waals surface area contributed by atoms with Crippen molar-refractivity contribution in [3.8, 4) is 0 Å². The second kappa shape index (κ2) is 3.71. The van der Waals surface area contributed by atoms with Gasteiger partial charge in [0.2, 0.25) is 0 Å². The molecule has 0 amide bonds. The van der Waals surface area contributed by atoms with E-state index in [-0.39, 0.29) is 0 Å². The average Bonchev–Trinajstić information content (AvgIpc) is 2.57. The van der Waals surface area contributed by atoms with E-state index >= 15 is 0 Å². The van der Waals surface area contributed by atoms with E-state index in [0.717, 1.165) is 12.1 Å². The van der Waals surface area contributed by atoms with Crippen LogP contribution in [0.3, 0.4) is 0 Å². The zero-order valence-corrected chi connectivity index (χ0v) is 11.8. The van der Waals surface area contributed by atoms with Crippen LogP contribution in [0.2, 0.25) is 0 Å². The van der Waals surface area contributed by atoms with Crippen LogP contribution in [0, 0.1) is 10.8 Å². The molecule has 1 N–H and O–H groups in total. The van der Waals surface area contributed by atoms with Crippen molar-refractivity contribution in [3.05, 3.63) is 0 Å². The van der Waals surface area contributed by atoms with Crippen molar-refractivity contribution in [1.29, 1.82) is 0 Å². The van der Waals surface area contributed by atoms with Gasteiger partial charge in [-0.1, -0.05) is 34.6 Å². The molecule has 0 aromatic carbocycles. The summed E-state index contributed by atoms with van der Waals surface area (Å²) in [4.78, 5) is 2.78. The molecule has 0 aromatic rings. The van der Waals surface area contributed by atoms with Crippen molar-refractivity contribution < 1.29 is 0 Å². The van der Waals surface area contributed by atoms with E-state index < -0.39 is 0 Å². The number of hydrogen-bond donors (Lipinski definition) is 1. The minimum atomic E-state index is 0.484. The van der Waals surface area contributed by atoms with Gasteiger partial charge in [-0.15, -0.1) is 0 Å². The maximum atomic E-state index is 3.61. The summed E-state index contributed by atoms with van der Waals surface area (Å²) in [7, 11) is 0. The van der Waals surface area contributed by atoms with Gasteiger partial charge in [-0.25, -0.2) is 0 Å². The van der Waals surface area contributed by atoms with Crippen molar-refractivity contribution >= 4 is 0 Å². The largest absolute Gasteiger partial charge is 0.311 e. The number of rotatable bonds is 2. The number of nitrogens with zero attached hydrogens (tertiary/aromatic N) is 1. The van der Waals surface area contributed by atoms with Gasteiger partial charge in [0.25, 0.3) is 0 Å². The molecule has 1 aliphatic carbocycles. The highest BCUT2D eigenvalue weighted by atomic mass is 15.3. The molecule has 2 atom stereocenters. The third-order valence-electron chi connectivity index (χ3n) is 5.40. The van der Waals surface area contributed by atoms with Crippen LogP contribution in [0.25, 0.3) is 0 Å². The second-order valence-corrected chi connectivity index (χ2v) is 6.91. The monoisotopic (exact) mass is 224 g/mol. The molecule has 1 heterocycles. The van der Waals surface area contributed by atoms with Gasteiger partial charge in [0.15, 0.2) is 0 Å². The Balaban J connectivity index is 2.13. The lowest BCUT2D eigenvalue weighted by Crippen LogP contribution is -2.57. The Bertz CT molecular complexity index is 256. The van der Waals surface area contributed by atoms with Crippen LogP contribution in [-0.4, -0.2) is 36.1 Å². The fraction of sp³-hybridized carbons (Fsp3) is 1.00. The molecule has 0 spiro atoms. The molecule has 16 heavy (non-hydrogen) atoms. The highest BCUT2D eigenvalue weighted by molar-refractivity contribution is 5.19. The zero-order chi connectivity index (χ0) is 12.1. The summed E-state index contributed by atoms with van der Waals surface area (Å²) in [6.07, 6.45) is 1.27. The predicted octanol–water partition coefficient (Wildman–Crippen LogP) is 2.49. The molecule has 1 saturated carbocycles. The first-order chi connectivity index (χ1) is 7.32. The van der Waals surface area contributed by atoms with Crippen molar-refractivity contribution in [2.24, 2.45) is 10.8 Å². The number of piperazine rings is 1. The van der Waals surface area contributed by atoms with Gasteiger partial charge in [0.05, 0.1) is 0 Å². The third-order valence-corrected chi connectivity index (χ3v) is 5.40. The molecule has 2 unspecified atom stereocenters. The van der Waals surface area contributed by atoms with E-state index in [1.807, 2.05) is 0 Å². The van der Waals surface area contributed by atoms with Crippen molar-refractivity contribution in [2.45, 2.75) is 66.1 Å². The maximum absolute atomic E-state index is 3.61. The van der Waals surface area contributed by atoms with Gasteiger partial charge >= 0.3 is 0 Å². The van der Waals surface area contributed by atoms with Crippen molar-refractivity contribution in [3.63, 3.8) is 0 Å². The number of hydrogen-bond acceptors (Lipinski definition) is 2. The molecular formula is C14H28N2. The van der Waals surface area contributed by atoms with E-state index in [1.54, 1.807) is 0 Å². The maximum Gasteiger partial charge on any atom is 0.0222 e. The smallest absolute Gasteiger partial charge is 0.0222 e. The summed E-state index contributed by atoms with van der Waals surface area (Å²) >= 11 is 0. The lowest BCUT2D eigenvalue weighted by atomic mass is 10.0. The summed E-state index contributed by atoms with van der Waals surface area (Å²) in [6.45, 7) is 16.7. The Morgan fingerprint density at radius 1 is 1.19 bits per heavy atom. The molecule has 1 aliphatic heterocycles. The van der Waals surface area contributed by atoms with Gasteiger partial charge in [-0.2, -0.15) is 0 Å². The van der Waals surface area contributed by atoms with Crippen LogP contribution in [0.15, 0.2) is 0 Å². The van der Waals surface area contributed by atoms with Gasteiger partial charge in [0, 0.05) is 31.2 Å². The van der Waals surface area contributed by atoms with Crippen LogP contribution in [0.4, 0.5) is 0 Å². The predicted molar refractivity (Wildman–Crippen MR) is 69.6 cm³/mol. The lowest BCUT2D eigenvalue weighted by Gasteiger charge is -2.40. The molecular weight excluding hydrogens is 196 g/mol. The topological polar surface area (TPSA) is 15.3 Å². The number of nitrogens with one attached hydrogen (secondary N) is 1. The first-order valence-electron chi connectivity index (χ1n) is 6.81. The van der Waals surface area contributed by atoms with Crippen LogP contribution in [0.1, 0.15) is 48.0 Å². The second-order valence-electron chi connectivity index (χ2n) is 6.91. The van der Waals surface area contributed by atoms with E-state index in [9.17, 15) is 0 Å². The molecule has 2 aliphatic rings. The fourth-order valence-electron chi connectivity index (χ4n) is 3.67. The summed E-state index contributed by atoms with van der Waals surface area (Å²) in [5.41, 5.74) is 0.967. The minimum absolute atomic E-state index is 0.484. The van der Waals surface area contributed by atoms with E-state index in [0.29, 0.717) is 16.9 Å². The Labute approximate surface area is 101 Å². The molecule has 1 saturated heterocycles. The van der Waals surface area contributed by atoms with Gasteiger partial charge in [-0.05, 0) is 24.2 Å². The van der Waals surface area contributed by atoms with Gasteiger partial charge in [0.1, 0.15) is 0 Å². The first kappa shape index (κ1) is 12.4. The molecule has 2 nitrogen and oxygen atoms in total. The van der Waals surface area contributed by atoms with Crippen molar-refractivity contribution in [2.75, 3.05) is 13.1 Å². The minimum Gasteiger partial charge on any atom is -0.311 e. The highest BCUT2D eigenvalue weighted by Crippen LogP contribution is 2.65. The summed E-state index contributed by atoms with van der Waals surface area (Å²) in [5.74, 6) is 0. The lowest BCUT2D eigenvalue weighted by molar-refractivity contribution is 0.102. The molecule has 0 bridgehead atoms. The quantitative estimate of drug-likeness (QED) is 0.775. The summed E-state index contributed by atoms with van der Waals surface area (Å²) < 4.78 is 0. The summed E-state index contributed by atoms with van der Waals surface area (Å²) in [5, 5.41) is 3.61. The zero-order valence-electron chi connectivity index (χ0n) is 11.8. The fourth-order valence-corrected chi connectivity index (χ4v) is 3.67. The third kappa shape index (κ3) is 1.62. The first-order valence-corrected chi connectivity index (χ1v) is 6.81. The molecule has 94 valence electrons. The van der Waals surface area contributed by atoms with E-state index in [1.165, 1.54) is 19.5 Å². The Kier molecular flexibility index (Phi) is 2.87. The summed E-state index contributed by atoms with van der Waals surface area (Å²) in [6, 6.07) is 2.16. The van der Waals surface area contributed by atoms with Crippen LogP contribution in [-0.2, 0) is 0 Å². The van der Waals surface area contributed by atoms with E-state index in [4.69, 9.17) is 0 Å².